The van der Waals surface area contributed by atoms with Crippen molar-refractivity contribution in [3.63, 3.8) is 0 Å². The summed E-state index contributed by atoms with van der Waals surface area (Å²) >= 11 is 0. The van der Waals surface area contributed by atoms with Crippen molar-refractivity contribution >= 4 is 0 Å². The average Bonchev–Trinajstić information content (AvgIpc) is 2.21. The standard InChI is InChI=1S/C12H22N2O/c1-10-2-4-12(5-3-10)14-7-6-11(15-12)8-13-9-11/h10,13-14H,2-9H2,1H3. The van der Waals surface area contributed by atoms with Crippen molar-refractivity contribution in [2.24, 2.45) is 5.92 Å². The average molecular weight is 210 g/mol. The van der Waals surface area contributed by atoms with Crippen LogP contribution in [0.5, 0.6) is 0 Å². The molecule has 2 N–H and O–H groups in total. The highest BCUT2D eigenvalue weighted by atomic mass is 16.5. The fourth-order valence-electron chi connectivity index (χ4n) is 3.18. The van der Waals surface area contributed by atoms with Crippen LogP contribution in [-0.2, 0) is 4.74 Å². The van der Waals surface area contributed by atoms with Gasteiger partial charge < -0.3 is 10.1 Å². The van der Waals surface area contributed by atoms with Crippen LogP contribution in [0, 0.1) is 5.92 Å². The summed E-state index contributed by atoms with van der Waals surface area (Å²) in [5.41, 5.74) is 0.221. The first-order chi connectivity index (χ1) is 7.22. The third-order valence-electron chi connectivity index (χ3n) is 4.42. The summed E-state index contributed by atoms with van der Waals surface area (Å²) in [5.74, 6) is 0.887. The van der Waals surface area contributed by atoms with E-state index in [0.29, 0.717) is 0 Å². The molecule has 0 bridgehead atoms. The Hall–Kier alpha value is -0.120. The largest absolute Gasteiger partial charge is 0.351 e. The maximum atomic E-state index is 6.41. The van der Waals surface area contributed by atoms with E-state index in [1.54, 1.807) is 0 Å². The summed E-state index contributed by atoms with van der Waals surface area (Å²) in [5, 5.41) is 6.98. The zero-order chi connectivity index (χ0) is 10.4. The monoisotopic (exact) mass is 210 g/mol. The van der Waals surface area contributed by atoms with Crippen LogP contribution in [0.4, 0.5) is 0 Å². The molecule has 0 aromatic rings. The Morgan fingerprint density at radius 3 is 2.47 bits per heavy atom. The molecule has 0 unspecified atom stereocenters. The zero-order valence-corrected chi connectivity index (χ0v) is 9.64. The van der Waals surface area contributed by atoms with E-state index < -0.39 is 0 Å². The smallest absolute Gasteiger partial charge is 0.120 e. The highest BCUT2D eigenvalue weighted by molar-refractivity contribution is 5.02. The van der Waals surface area contributed by atoms with Crippen molar-refractivity contribution in [2.45, 2.75) is 50.4 Å². The van der Waals surface area contributed by atoms with Crippen molar-refractivity contribution in [2.75, 3.05) is 19.6 Å². The highest BCUT2D eigenvalue weighted by Crippen LogP contribution is 2.40. The molecule has 1 saturated carbocycles. The maximum Gasteiger partial charge on any atom is 0.120 e. The van der Waals surface area contributed by atoms with Crippen LogP contribution in [-0.4, -0.2) is 31.0 Å². The Morgan fingerprint density at radius 1 is 1.13 bits per heavy atom. The highest BCUT2D eigenvalue weighted by Gasteiger charge is 2.49. The molecule has 86 valence electrons. The second-order valence-corrected chi connectivity index (χ2v) is 5.74. The molecule has 2 spiro atoms. The van der Waals surface area contributed by atoms with Crippen LogP contribution in [0.3, 0.4) is 0 Å². The first-order valence-corrected chi connectivity index (χ1v) is 6.38. The topological polar surface area (TPSA) is 33.3 Å². The molecule has 3 heteroatoms. The normalized spacial score (nSPS) is 44.2. The van der Waals surface area contributed by atoms with Gasteiger partial charge in [0.1, 0.15) is 5.72 Å². The number of ether oxygens (including phenoxy) is 1. The van der Waals surface area contributed by atoms with E-state index in [4.69, 9.17) is 4.74 Å². The summed E-state index contributed by atoms with van der Waals surface area (Å²) in [6.45, 7) is 5.62. The van der Waals surface area contributed by atoms with E-state index >= 15 is 0 Å². The second-order valence-electron chi connectivity index (χ2n) is 5.74. The molecule has 2 aliphatic heterocycles. The van der Waals surface area contributed by atoms with Gasteiger partial charge in [0, 0.05) is 19.6 Å². The SMILES string of the molecule is CC1CCC2(CC1)NCCC1(CNC1)O2. The van der Waals surface area contributed by atoms with Gasteiger partial charge in [-0.2, -0.15) is 0 Å². The van der Waals surface area contributed by atoms with Gasteiger partial charge in [0.05, 0.1) is 5.60 Å². The molecule has 3 fully saturated rings. The van der Waals surface area contributed by atoms with E-state index in [0.717, 1.165) is 25.6 Å². The molecule has 0 atom stereocenters. The molecule has 1 aliphatic carbocycles. The van der Waals surface area contributed by atoms with E-state index in [1.165, 1.54) is 32.1 Å². The van der Waals surface area contributed by atoms with Crippen LogP contribution in [0.2, 0.25) is 0 Å². The van der Waals surface area contributed by atoms with Crippen molar-refractivity contribution in [1.29, 1.82) is 0 Å². The molecule has 0 radical (unpaired) electrons. The van der Waals surface area contributed by atoms with Gasteiger partial charge in [-0.1, -0.05) is 6.92 Å². The molecule has 2 heterocycles. The van der Waals surface area contributed by atoms with E-state index in [1.807, 2.05) is 0 Å². The lowest BCUT2D eigenvalue weighted by atomic mass is 9.81. The summed E-state index contributed by atoms with van der Waals surface area (Å²) in [4.78, 5) is 0. The molecule has 3 nitrogen and oxygen atoms in total. The van der Waals surface area contributed by atoms with Crippen molar-refractivity contribution in [3.8, 4) is 0 Å². The molecule has 15 heavy (non-hydrogen) atoms. The fourth-order valence-corrected chi connectivity index (χ4v) is 3.18. The molecule has 0 amide bonds. The van der Waals surface area contributed by atoms with Crippen LogP contribution < -0.4 is 10.6 Å². The predicted molar refractivity (Wildman–Crippen MR) is 59.7 cm³/mol. The van der Waals surface area contributed by atoms with E-state index in [-0.39, 0.29) is 11.3 Å². The lowest BCUT2D eigenvalue weighted by Gasteiger charge is -2.55. The minimum atomic E-state index is 0.0346. The van der Waals surface area contributed by atoms with Gasteiger partial charge >= 0.3 is 0 Å². The van der Waals surface area contributed by atoms with Crippen molar-refractivity contribution < 1.29 is 4.74 Å². The van der Waals surface area contributed by atoms with Crippen LogP contribution in [0.25, 0.3) is 0 Å². The lowest BCUT2D eigenvalue weighted by Crippen LogP contribution is -2.71. The Morgan fingerprint density at radius 2 is 1.87 bits per heavy atom. The quantitative estimate of drug-likeness (QED) is 0.631. The summed E-state index contributed by atoms with van der Waals surface area (Å²) in [6, 6.07) is 0. The Bertz CT molecular complexity index is 242. The van der Waals surface area contributed by atoms with Crippen LogP contribution in [0.15, 0.2) is 0 Å². The molecule has 0 aromatic carbocycles. The third kappa shape index (κ3) is 1.71. The first-order valence-electron chi connectivity index (χ1n) is 6.38. The minimum absolute atomic E-state index is 0.0346. The number of nitrogens with one attached hydrogen (secondary N) is 2. The van der Waals surface area contributed by atoms with Crippen LogP contribution >= 0.6 is 0 Å². The Balaban J connectivity index is 1.69. The maximum absolute atomic E-state index is 6.41. The van der Waals surface area contributed by atoms with E-state index in [2.05, 4.69) is 17.6 Å². The second kappa shape index (κ2) is 3.44. The predicted octanol–water partition coefficient (Wildman–Crippen LogP) is 1.24. The molecule has 3 aliphatic rings. The van der Waals surface area contributed by atoms with Gasteiger partial charge in [0.15, 0.2) is 0 Å². The number of hydrogen-bond acceptors (Lipinski definition) is 3. The molecule has 0 aromatic heterocycles. The summed E-state index contributed by atoms with van der Waals surface area (Å²) in [7, 11) is 0. The lowest BCUT2D eigenvalue weighted by molar-refractivity contribution is -0.232. The van der Waals surface area contributed by atoms with Crippen molar-refractivity contribution in [1.82, 2.24) is 10.6 Å². The summed E-state index contributed by atoms with van der Waals surface area (Å²) in [6.07, 6.45) is 6.22. The van der Waals surface area contributed by atoms with Gasteiger partial charge in [-0.05, 0) is 38.0 Å². The summed E-state index contributed by atoms with van der Waals surface area (Å²) < 4.78 is 6.41. The van der Waals surface area contributed by atoms with Gasteiger partial charge in [-0.3, -0.25) is 5.32 Å². The van der Waals surface area contributed by atoms with Gasteiger partial charge in [-0.25, -0.2) is 0 Å². The Kier molecular flexibility index (Phi) is 2.31. The number of hydrogen-bond donors (Lipinski definition) is 2. The number of rotatable bonds is 0. The fraction of sp³-hybridized carbons (Fsp3) is 1.00. The molecule has 3 rings (SSSR count). The molecular formula is C12H22N2O. The Labute approximate surface area is 91.9 Å². The van der Waals surface area contributed by atoms with Gasteiger partial charge in [0.2, 0.25) is 0 Å². The van der Waals surface area contributed by atoms with E-state index in [9.17, 15) is 0 Å². The van der Waals surface area contributed by atoms with Crippen LogP contribution in [0.1, 0.15) is 39.0 Å². The van der Waals surface area contributed by atoms with Gasteiger partial charge in [-0.15, -0.1) is 0 Å². The molecule has 2 saturated heterocycles. The van der Waals surface area contributed by atoms with Crippen molar-refractivity contribution in [3.05, 3.63) is 0 Å². The molecular weight excluding hydrogens is 188 g/mol. The van der Waals surface area contributed by atoms with Gasteiger partial charge in [0.25, 0.3) is 0 Å². The minimum Gasteiger partial charge on any atom is -0.351 e. The first kappa shape index (κ1) is 10.1. The zero-order valence-electron chi connectivity index (χ0n) is 9.64. The third-order valence-corrected chi connectivity index (χ3v) is 4.42.